The van der Waals surface area contributed by atoms with Crippen LogP contribution in [0.5, 0.6) is 0 Å². The lowest BCUT2D eigenvalue weighted by atomic mass is 10.2. The first-order chi connectivity index (χ1) is 3.92. The van der Waals surface area contributed by atoms with Gasteiger partial charge in [0.15, 0.2) is 0 Å². The van der Waals surface area contributed by atoms with Gasteiger partial charge >= 0.3 is 0 Å². The molecule has 1 heterocycles. The van der Waals surface area contributed by atoms with Gasteiger partial charge in [-0.15, -0.1) is 0 Å². The standard InChI is InChI=1S/C6H12N2/c7-2-6-5-1-4(5)3-8-6/h4-6,8H,1-3,7H2. The van der Waals surface area contributed by atoms with Crippen molar-refractivity contribution >= 4 is 0 Å². The Morgan fingerprint density at radius 2 is 2.50 bits per heavy atom. The van der Waals surface area contributed by atoms with E-state index >= 15 is 0 Å². The van der Waals surface area contributed by atoms with Gasteiger partial charge in [0.25, 0.3) is 0 Å². The molecule has 1 saturated carbocycles. The first kappa shape index (κ1) is 4.77. The summed E-state index contributed by atoms with van der Waals surface area (Å²) in [7, 11) is 0. The van der Waals surface area contributed by atoms with Crippen LogP contribution in [-0.2, 0) is 0 Å². The summed E-state index contributed by atoms with van der Waals surface area (Å²) < 4.78 is 0. The van der Waals surface area contributed by atoms with E-state index in [4.69, 9.17) is 5.73 Å². The van der Waals surface area contributed by atoms with Crippen molar-refractivity contribution in [2.45, 2.75) is 12.5 Å². The van der Waals surface area contributed by atoms with E-state index in [0.29, 0.717) is 6.04 Å². The van der Waals surface area contributed by atoms with Crippen LogP contribution in [0.25, 0.3) is 0 Å². The third-order valence-corrected chi connectivity index (χ3v) is 2.39. The fourth-order valence-electron chi connectivity index (χ4n) is 1.71. The molecule has 2 aliphatic rings. The highest BCUT2D eigenvalue weighted by Crippen LogP contribution is 2.44. The number of fused-ring (bicyclic) bond motifs is 1. The summed E-state index contributed by atoms with van der Waals surface area (Å²) in [5.41, 5.74) is 5.49. The highest BCUT2D eigenvalue weighted by molar-refractivity contribution is 5.02. The van der Waals surface area contributed by atoms with E-state index in [-0.39, 0.29) is 0 Å². The van der Waals surface area contributed by atoms with E-state index in [1.807, 2.05) is 0 Å². The second kappa shape index (κ2) is 1.45. The maximum atomic E-state index is 5.49. The monoisotopic (exact) mass is 112 g/mol. The van der Waals surface area contributed by atoms with Crippen LogP contribution >= 0.6 is 0 Å². The molecule has 46 valence electrons. The van der Waals surface area contributed by atoms with Crippen molar-refractivity contribution in [2.24, 2.45) is 17.6 Å². The molecule has 2 heteroatoms. The molecule has 0 aromatic rings. The lowest BCUT2D eigenvalue weighted by Gasteiger charge is -2.07. The molecule has 0 bridgehead atoms. The maximum absolute atomic E-state index is 5.49. The Kier molecular flexibility index (Phi) is 0.866. The molecule has 8 heavy (non-hydrogen) atoms. The van der Waals surface area contributed by atoms with Crippen LogP contribution < -0.4 is 11.1 Å². The number of piperidine rings is 1. The van der Waals surface area contributed by atoms with E-state index in [1.54, 1.807) is 0 Å². The highest BCUT2D eigenvalue weighted by atomic mass is 15.0. The van der Waals surface area contributed by atoms with Gasteiger partial charge < -0.3 is 11.1 Å². The van der Waals surface area contributed by atoms with Crippen molar-refractivity contribution in [1.29, 1.82) is 0 Å². The van der Waals surface area contributed by atoms with Crippen molar-refractivity contribution in [3.05, 3.63) is 0 Å². The summed E-state index contributed by atoms with van der Waals surface area (Å²) >= 11 is 0. The van der Waals surface area contributed by atoms with Crippen LogP contribution in [0.15, 0.2) is 0 Å². The fourth-order valence-corrected chi connectivity index (χ4v) is 1.71. The van der Waals surface area contributed by atoms with Crippen LogP contribution in [0, 0.1) is 11.8 Å². The quantitative estimate of drug-likeness (QED) is 0.482. The van der Waals surface area contributed by atoms with Crippen LogP contribution in [-0.4, -0.2) is 19.1 Å². The predicted octanol–water partition coefficient (Wildman–Crippen LogP) is -0.447. The van der Waals surface area contributed by atoms with Crippen molar-refractivity contribution < 1.29 is 0 Å². The van der Waals surface area contributed by atoms with Crippen molar-refractivity contribution in [2.75, 3.05) is 13.1 Å². The molecule has 1 aliphatic heterocycles. The average molecular weight is 112 g/mol. The molecule has 1 saturated heterocycles. The Bertz CT molecular complexity index is 103. The van der Waals surface area contributed by atoms with Crippen molar-refractivity contribution in [3.8, 4) is 0 Å². The van der Waals surface area contributed by atoms with Gasteiger partial charge in [0.1, 0.15) is 0 Å². The number of hydrogen-bond acceptors (Lipinski definition) is 2. The summed E-state index contributed by atoms with van der Waals surface area (Å²) in [4.78, 5) is 0. The highest BCUT2D eigenvalue weighted by Gasteiger charge is 2.46. The third-order valence-electron chi connectivity index (χ3n) is 2.39. The fraction of sp³-hybridized carbons (Fsp3) is 1.00. The molecular weight excluding hydrogens is 100 g/mol. The van der Waals surface area contributed by atoms with Gasteiger partial charge in [-0.05, 0) is 24.8 Å². The van der Waals surface area contributed by atoms with E-state index in [9.17, 15) is 0 Å². The van der Waals surface area contributed by atoms with E-state index in [0.717, 1.165) is 18.4 Å². The number of rotatable bonds is 1. The predicted molar refractivity (Wildman–Crippen MR) is 32.4 cm³/mol. The molecule has 0 aromatic heterocycles. The third kappa shape index (κ3) is 0.501. The van der Waals surface area contributed by atoms with Gasteiger partial charge in [-0.1, -0.05) is 0 Å². The first-order valence-corrected chi connectivity index (χ1v) is 3.35. The smallest absolute Gasteiger partial charge is 0.0221 e. The molecule has 1 aliphatic carbocycles. The Balaban J connectivity index is 1.97. The Morgan fingerprint density at radius 3 is 2.75 bits per heavy atom. The van der Waals surface area contributed by atoms with Crippen LogP contribution in [0.2, 0.25) is 0 Å². The summed E-state index contributed by atoms with van der Waals surface area (Å²) in [6, 6.07) is 0.667. The second-order valence-corrected chi connectivity index (χ2v) is 2.91. The minimum Gasteiger partial charge on any atom is -0.329 e. The van der Waals surface area contributed by atoms with Crippen LogP contribution in [0.1, 0.15) is 6.42 Å². The molecule has 0 radical (unpaired) electrons. The lowest BCUT2D eigenvalue weighted by molar-refractivity contribution is 0.543. The van der Waals surface area contributed by atoms with E-state index in [2.05, 4.69) is 5.32 Å². The Hall–Kier alpha value is -0.0800. The molecule has 2 nitrogen and oxygen atoms in total. The Labute approximate surface area is 49.4 Å². The molecule has 2 rings (SSSR count). The molecule has 0 spiro atoms. The molecule has 3 N–H and O–H groups in total. The molecule has 0 aromatic carbocycles. The minimum atomic E-state index is 0.667. The number of nitrogens with two attached hydrogens (primary N) is 1. The lowest BCUT2D eigenvalue weighted by Crippen LogP contribution is -2.33. The van der Waals surface area contributed by atoms with Gasteiger partial charge in [-0.3, -0.25) is 0 Å². The summed E-state index contributed by atoms with van der Waals surface area (Å²) in [6.45, 7) is 2.06. The molecular formula is C6H12N2. The van der Waals surface area contributed by atoms with Gasteiger partial charge in [-0.25, -0.2) is 0 Å². The van der Waals surface area contributed by atoms with Gasteiger partial charge in [0.2, 0.25) is 0 Å². The zero-order valence-electron chi connectivity index (χ0n) is 4.93. The normalized spacial score (nSPS) is 51.4. The van der Waals surface area contributed by atoms with E-state index < -0.39 is 0 Å². The van der Waals surface area contributed by atoms with Crippen LogP contribution in [0.4, 0.5) is 0 Å². The maximum Gasteiger partial charge on any atom is 0.0221 e. The minimum absolute atomic E-state index is 0.667. The molecule has 3 unspecified atom stereocenters. The van der Waals surface area contributed by atoms with Gasteiger partial charge in [0, 0.05) is 12.6 Å². The van der Waals surface area contributed by atoms with Gasteiger partial charge in [0.05, 0.1) is 0 Å². The SMILES string of the molecule is NCC1NCC2CC21. The topological polar surface area (TPSA) is 38.0 Å². The zero-order chi connectivity index (χ0) is 5.56. The first-order valence-electron chi connectivity index (χ1n) is 3.35. The summed E-state index contributed by atoms with van der Waals surface area (Å²) in [5, 5.41) is 3.38. The Morgan fingerprint density at radius 1 is 1.62 bits per heavy atom. The molecule has 0 amide bonds. The molecule has 2 fully saturated rings. The second-order valence-electron chi connectivity index (χ2n) is 2.91. The number of hydrogen-bond donors (Lipinski definition) is 2. The zero-order valence-corrected chi connectivity index (χ0v) is 4.93. The summed E-state index contributed by atoms with van der Waals surface area (Å²) in [6.07, 6.45) is 1.44. The van der Waals surface area contributed by atoms with Crippen molar-refractivity contribution in [3.63, 3.8) is 0 Å². The largest absolute Gasteiger partial charge is 0.329 e. The average Bonchev–Trinajstić information content (AvgIpc) is 2.46. The number of nitrogens with one attached hydrogen (secondary N) is 1. The summed E-state index contributed by atoms with van der Waals surface area (Å²) in [5.74, 6) is 1.96. The molecule has 3 atom stereocenters. The van der Waals surface area contributed by atoms with Crippen molar-refractivity contribution in [1.82, 2.24) is 5.32 Å². The van der Waals surface area contributed by atoms with Crippen LogP contribution in [0.3, 0.4) is 0 Å². The van der Waals surface area contributed by atoms with E-state index in [1.165, 1.54) is 13.0 Å². The van der Waals surface area contributed by atoms with Gasteiger partial charge in [-0.2, -0.15) is 0 Å².